The summed E-state index contributed by atoms with van der Waals surface area (Å²) in [6, 6.07) is 11.4. The Balaban J connectivity index is 1.80. The molecule has 0 aliphatic heterocycles. The quantitative estimate of drug-likeness (QED) is 0.452. The first-order valence-corrected chi connectivity index (χ1v) is 10.7. The van der Waals surface area contributed by atoms with E-state index >= 15 is 0 Å². The van der Waals surface area contributed by atoms with Crippen molar-refractivity contribution in [3.63, 3.8) is 0 Å². The molecule has 7 heteroatoms. The molecule has 0 aliphatic carbocycles. The molecule has 1 aromatic carbocycles. The Morgan fingerprint density at radius 1 is 1.00 bits per heavy atom. The van der Waals surface area contributed by atoms with Gasteiger partial charge in [-0.05, 0) is 61.6 Å². The fourth-order valence-corrected chi connectivity index (χ4v) is 3.26. The number of anilines is 2. The number of hydrogen-bond acceptors (Lipinski definition) is 6. The zero-order chi connectivity index (χ0) is 23.8. The number of carbonyl (C=O) groups excluding carboxylic acids is 1. The highest BCUT2D eigenvalue weighted by Crippen LogP contribution is 2.25. The summed E-state index contributed by atoms with van der Waals surface area (Å²) < 4.78 is 0. The first-order valence-electron chi connectivity index (χ1n) is 10.7. The number of benzene rings is 1. The molecule has 0 spiro atoms. The van der Waals surface area contributed by atoms with Crippen LogP contribution in [0.1, 0.15) is 15.9 Å². The lowest BCUT2D eigenvalue weighted by Crippen LogP contribution is -2.21. The van der Waals surface area contributed by atoms with Crippen molar-refractivity contribution < 1.29 is 4.79 Å². The maximum Gasteiger partial charge on any atom is 0.257 e. The second-order valence-electron chi connectivity index (χ2n) is 7.83. The summed E-state index contributed by atoms with van der Waals surface area (Å²) in [6.07, 6.45) is 8.80. The van der Waals surface area contributed by atoms with Gasteiger partial charge in [-0.3, -0.25) is 4.79 Å². The number of nitrogens with one attached hydrogen (secondary N) is 2. The molecule has 2 heterocycles. The lowest BCUT2D eigenvalue weighted by molar-refractivity contribution is 0.102. The van der Waals surface area contributed by atoms with E-state index in [0.717, 1.165) is 35.1 Å². The summed E-state index contributed by atoms with van der Waals surface area (Å²) in [6.45, 7) is 9.25. The van der Waals surface area contributed by atoms with E-state index in [1.807, 2.05) is 50.3 Å². The van der Waals surface area contributed by atoms with Gasteiger partial charge >= 0.3 is 0 Å². The van der Waals surface area contributed by atoms with Gasteiger partial charge in [-0.1, -0.05) is 31.4 Å². The van der Waals surface area contributed by atoms with E-state index in [1.165, 1.54) is 0 Å². The molecule has 33 heavy (non-hydrogen) atoms. The minimum atomic E-state index is -0.241. The summed E-state index contributed by atoms with van der Waals surface area (Å²) in [5.74, 6) is 0.901. The van der Waals surface area contributed by atoms with Gasteiger partial charge in [0.1, 0.15) is 11.6 Å². The molecule has 3 rings (SSSR count). The standard InChI is InChI=1S/C26H30N6O/c1-6-8-23(32(5)7-2)19-9-10-21-18-29-25(17-22(21)15-19)30-26(33)20-11-12-27-24(16-20)28-13-14-31(3)4/h6-12,15-18H,1-2,13-14H2,3-5H3,(H,27,28)(H,29,30,33)/b23-8-. The number of fused-ring (bicyclic) bond motifs is 1. The molecule has 0 aliphatic rings. The van der Waals surface area contributed by atoms with Gasteiger partial charge in [-0.2, -0.15) is 0 Å². The molecular weight excluding hydrogens is 412 g/mol. The number of rotatable bonds is 10. The van der Waals surface area contributed by atoms with Gasteiger partial charge < -0.3 is 20.4 Å². The number of likely N-dealkylation sites (N-methyl/N-ethyl adjacent to an activating group) is 1. The molecule has 3 aromatic rings. The predicted molar refractivity (Wildman–Crippen MR) is 137 cm³/mol. The molecule has 0 saturated heterocycles. The van der Waals surface area contributed by atoms with E-state index in [9.17, 15) is 4.79 Å². The van der Waals surface area contributed by atoms with Crippen LogP contribution in [0.3, 0.4) is 0 Å². The third-order valence-electron chi connectivity index (χ3n) is 5.08. The van der Waals surface area contributed by atoms with Gasteiger partial charge in [-0.25, -0.2) is 9.97 Å². The molecular formula is C26H30N6O. The van der Waals surface area contributed by atoms with E-state index in [1.54, 1.807) is 36.8 Å². The summed E-state index contributed by atoms with van der Waals surface area (Å²) in [5.41, 5.74) is 2.49. The lowest BCUT2D eigenvalue weighted by atomic mass is 10.1. The average molecular weight is 443 g/mol. The molecule has 0 radical (unpaired) electrons. The molecule has 7 nitrogen and oxygen atoms in total. The van der Waals surface area contributed by atoms with Gasteiger partial charge in [0.05, 0.1) is 0 Å². The van der Waals surface area contributed by atoms with Crippen molar-refractivity contribution in [3.05, 3.63) is 91.4 Å². The van der Waals surface area contributed by atoms with Gasteiger partial charge in [0.15, 0.2) is 0 Å². The predicted octanol–water partition coefficient (Wildman–Crippen LogP) is 4.46. The van der Waals surface area contributed by atoms with Crippen LogP contribution in [0.25, 0.3) is 16.5 Å². The number of pyridine rings is 2. The van der Waals surface area contributed by atoms with Crippen LogP contribution in [0.5, 0.6) is 0 Å². The van der Waals surface area contributed by atoms with Crippen molar-refractivity contribution in [1.82, 2.24) is 19.8 Å². The summed E-state index contributed by atoms with van der Waals surface area (Å²) in [5, 5.41) is 8.06. The van der Waals surface area contributed by atoms with Crippen molar-refractivity contribution in [2.24, 2.45) is 0 Å². The van der Waals surface area contributed by atoms with E-state index < -0.39 is 0 Å². The Kier molecular flexibility index (Phi) is 7.94. The second-order valence-corrected chi connectivity index (χ2v) is 7.83. The summed E-state index contributed by atoms with van der Waals surface area (Å²) in [4.78, 5) is 25.5. The van der Waals surface area contributed by atoms with Crippen molar-refractivity contribution >= 4 is 34.0 Å². The zero-order valence-corrected chi connectivity index (χ0v) is 19.4. The van der Waals surface area contributed by atoms with Crippen LogP contribution < -0.4 is 10.6 Å². The normalized spacial score (nSPS) is 11.3. The Bertz CT molecular complexity index is 1180. The maximum absolute atomic E-state index is 12.8. The van der Waals surface area contributed by atoms with E-state index in [0.29, 0.717) is 17.2 Å². The highest BCUT2D eigenvalue weighted by Gasteiger charge is 2.10. The van der Waals surface area contributed by atoms with Gasteiger partial charge in [0.25, 0.3) is 5.91 Å². The summed E-state index contributed by atoms with van der Waals surface area (Å²) in [7, 11) is 5.95. The average Bonchev–Trinajstić information content (AvgIpc) is 2.81. The van der Waals surface area contributed by atoms with Crippen LogP contribution in [0.15, 0.2) is 80.3 Å². The van der Waals surface area contributed by atoms with Crippen molar-refractivity contribution in [2.75, 3.05) is 44.9 Å². The van der Waals surface area contributed by atoms with Gasteiger partial charge in [0, 0.05) is 49.2 Å². The first kappa shape index (κ1) is 23.7. The highest BCUT2D eigenvalue weighted by molar-refractivity contribution is 6.05. The van der Waals surface area contributed by atoms with Crippen molar-refractivity contribution in [2.45, 2.75) is 0 Å². The molecule has 0 saturated carbocycles. The number of amides is 1. The Hall–Kier alpha value is -3.97. The second kappa shape index (κ2) is 11.1. The SMILES string of the molecule is C=C/C=C(/c1ccc2cnc(NC(=O)c3ccnc(NCCN(C)C)c3)cc2c1)N(C)C=C. The molecule has 1 amide bonds. The number of aromatic nitrogens is 2. The highest BCUT2D eigenvalue weighted by atomic mass is 16.1. The fourth-order valence-electron chi connectivity index (χ4n) is 3.26. The molecule has 170 valence electrons. The fraction of sp³-hybridized carbons (Fsp3) is 0.192. The van der Waals surface area contributed by atoms with Crippen LogP contribution in [0.4, 0.5) is 11.6 Å². The van der Waals surface area contributed by atoms with Gasteiger partial charge in [-0.15, -0.1) is 0 Å². The topological polar surface area (TPSA) is 73.4 Å². The molecule has 0 fully saturated rings. The maximum atomic E-state index is 12.8. The number of nitrogens with zero attached hydrogens (tertiary/aromatic N) is 4. The Morgan fingerprint density at radius 3 is 2.55 bits per heavy atom. The smallest absolute Gasteiger partial charge is 0.257 e. The Labute approximate surface area is 195 Å². The molecule has 2 aromatic heterocycles. The zero-order valence-electron chi connectivity index (χ0n) is 19.4. The largest absolute Gasteiger partial charge is 0.369 e. The number of hydrogen-bond donors (Lipinski definition) is 2. The van der Waals surface area contributed by atoms with Crippen LogP contribution in [-0.2, 0) is 0 Å². The van der Waals surface area contributed by atoms with Crippen LogP contribution in [-0.4, -0.2) is 59.9 Å². The van der Waals surface area contributed by atoms with Crippen LogP contribution in [0, 0.1) is 0 Å². The van der Waals surface area contributed by atoms with Gasteiger partial charge in [0.2, 0.25) is 0 Å². The van der Waals surface area contributed by atoms with E-state index in [2.05, 4.69) is 44.7 Å². The lowest BCUT2D eigenvalue weighted by Gasteiger charge is -2.18. The minimum Gasteiger partial charge on any atom is -0.369 e. The first-order chi connectivity index (χ1) is 15.9. The monoisotopic (exact) mass is 442 g/mol. The molecule has 2 N–H and O–H groups in total. The number of carbonyl (C=O) groups is 1. The van der Waals surface area contributed by atoms with Crippen LogP contribution in [0.2, 0.25) is 0 Å². The van der Waals surface area contributed by atoms with Crippen molar-refractivity contribution in [3.8, 4) is 0 Å². The molecule has 0 bridgehead atoms. The van der Waals surface area contributed by atoms with E-state index in [4.69, 9.17) is 0 Å². The third-order valence-corrected chi connectivity index (χ3v) is 5.08. The van der Waals surface area contributed by atoms with Crippen molar-refractivity contribution in [1.29, 1.82) is 0 Å². The van der Waals surface area contributed by atoms with E-state index in [-0.39, 0.29) is 5.91 Å². The Morgan fingerprint density at radius 2 is 1.82 bits per heavy atom. The molecule has 0 atom stereocenters. The third kappa shape index (κ3) is 6.27. The minimum absolute atomic E-state index is 0.241. The summed E-state index contributed by atoms with van der Waals surface area (Å²) >= 11 is 0. The molecule has 0 unspecified atom stereocenters. The number of allylic oxidation sites excluding steroid dienone is 2. The van der Waals surface area contributed by atoms with Crippen LogP contribution >= 0.6 is 0 Å².